The number of nitrogens with zero attached hydrogens (tertiary/aromatic N) is 4. The summed E-state index contributed by atoms with van der Waals surface area (Å²) in [7, 11) is 0. The monoisotopic (exact) mass is 523 g/mol. The fourth-order valence-corrected chi connectivity index (χ4v) is 3.49. The van der Waals surface area contributed by atoms with Crippen molar-refractivity contribution in [3.05, 3.63) is 0 Å². The maximum atomic E-state index is 12.5. The average Bonchev–Trinajstić information content (AvgIpc) is 2.65. The van der Waals surface area contributed by atoms with Gasteiger partial charge in [0.2, 0.25) is 5.91 Å². The van der Waals surface area contributed by atoms with Crippen LogP contribution in [0.1, 0.15) is 47.0 Å². The number of carbonyl (C=O) groups excluding carboxylic acids is 2. The summed E-state index contributed by atoms with van der Waals surface area (Å²) in [4.78, 5) is 35.2. The van der Waals surface area contributed by atoms with E-state index in [2.05, 4.69) is 20.1 Å². The number of hydrogen-bond acceptors (Lipinski definition) is 5. The molecule has 2 rings (SSSR count). The molecule has 0 aliphatic carbocycles. The number of aliphatic imine (C=N–C) groups is 1. The van der Waals surface area contributed by atoms with Gasteiger partial charge >= 0.3 is 5.97 Å². The van der Waals surface area contributed by atoms with Crippen LogP contribution in [0.3, 0.4) is 0 Å². The van der Waals surface area contributed by atoms with Crippen LogP contribution in [0.5, 0.6) is 0 Å². The molecule has 1 amide bonds. The van der Waals surface area contributed by atoms with Crippen LogP contribution in [-0.2, 0) is 14.3 Å². The number of piperidine rings is 1. The van der Waals surface area contributed by atoms with Gasteiger partial charge in [0.25, 0.3) is 0 Å². The summed E-state index contributed by atoms with van der Waals surface area (Å²) in [6.07, 6.45) is 3.48. The molecule has 8 nitrogen and oxygen atoms in total. The summed E-state index contributed by atoms with van der Waals surface area (Å²) in [5.41, 5.74) is -0.503. The van der Waals surface area contributed by atoms with Gasteiger partial charge in [-0.05, 0) is 47.0 Å². The molecule has 0 radical (unpaired) electrons. The minimum atomic E-state index is -0.503. The Kier molecular flexibility index (Phi) is 11.2. The molecular weight excluding hydrogens is 485 g/mol. The zero-order chi connectivity index (χ0) is 20.6. The minimum Gasteiger partial charge on any atom is -0.459 e. The maximum Gasteiger partial charge on any atom is 0.328 e. The molecule has 2 fully saturated rings. The van der Waals surface area contributed by atoms with E-state index in [9.17, 15) is 9.59 Å². The highest BCUT2D eigenvalue weighted by Gasteiger charge is 2.24. The molecule has 0 spiro atoms. The number of likely N-dealkylation sites (tertiary alicyclic amines) is 1. The molecule has 29 heavy (non-hydrogen) atoms. The Morgan fingerprint density at radius 2 is 1.59 bits per heavy atom. The molecule has 1 N–H and O–H groups in total. The largest absolute Gasteiger partial charge is 0.459 e. The third-order valence-electron chi connectivity index (χ3n) is 4.85. The van der Waals surface area contributed by atoms with Crippen LogP contribution < -0.4 is 5.32 Å². The normalized spacial score (nSPS) is 18.8. The van der Waals surface area contributed by atoms with Gasteiger partial charge in [-0.25, -0.2) is 4.99 Å². The van der Waals surface area contributed by atoms with Gasteiger partial charge in [0.1, 0.15) is 12.1 Å². The minimum absolute atomic E-state index is 0. The molecule has 0 aromatic heterocycles. The number of guanidine groups is 1. The first-order valence-electron chi connectivity index (χ1n) is 10.5. The number of halogens is 1. The van der Waals surface area contributed by atoms with Crippen molar-refractivity contribution in [2.24, 2.45) is 4.99 Å². The van der Waals surface area contributed by atoms with Gasteiger partial charge in [0.05, 0.1) is 6.54 Å². The first kappa shape index (κ1) is 25.9. The zero-order valence-corrected chi connectivity index (χ0v) is 20.7. The molecule has 0 aromatic rings. The van der Waals surface area contributed by atoms with E-state index >= 15 is 0 Å². The quantitative estimate of drug-likeness (QED) is 0.255. The van der Waals surface area contributed by atoms with Gasteiger partial charge < -0.3 is 19.9 Å². The van der Waals surface area contributed by atoms with Crippen LogP contribution in [-0.4, -0.2) is 97.0 Å². The molecule has 2 heterocycles. The van der Waals surface area contributed by atoms with Gasteiger partial charge in [-0.3, -0.25) is 14.5 Å². The molecule has 168 valence electrons. The highest BCUT2D eigenvalue weighted by molar-refractivity contribution is 14.0. The number of ether oxygens (including phenoxy) is 1. The predicted molar refractivity (Wildman–Crippen MR) is 126 cm³/mol. The number of amides is 1. The lowest BCUT2D eigenvalue weighted by molar-refractivity contribution is -0.152. The Morgan fingerprint density at radius 1 is 0.966 bits per heavy atom. The maximum absolute atomic E-state index is 12.5. The lowest BCUT2D eigenvalue weighted by Crippen LogP contribution is -2.54. The highest BCUT2D eigenvalue weighted by Crippen LogP contribution is 2.11. The average molecular weight is 523 g/mol. The van der Waals surface area contributed by atoms with Crippen LogP contribution in [0.4, 0.5) is 0 Å². The first-order valence-corrected chi connectivity index (χ1v) is 10.5. The molecule has 2 aliphatic heterocycles. The van der Waals surface area contributed by atoms with Crippen molar-refractivity contribution >= 4 is 41.8 Å². The Bertz CT molecular complexity index is 551. The van der Waals surface area contributed by atoms with Crippen molar-refractivity contribution in [3.8, 4) is 0 Å². The van der Waals surface area contributed by atoms with E-state index in [1.807, 2.05) is 32.6 Å². The Balaban J connectivity index is 0.00000420. The van der Waals surface area contributed by atoms with Crippen LogP contribution in [0, 0.1) is 0 Å². The molecule has 0 unspecified atom stereocenters. The van der Waals surface area contributed by atoms with Crippen molar-refractivity contribution in [1.82, 2.24) is 20.0 Å². The number of carbonyl (C=O) groups is 2. The number of rotatable bonds is 5. The summed E-state index contributed by atoms with van der Waals surface area (Å²) in [6.45, 7) is 13.8. The molecule has 0 aromatic carbocycles. The van der Waals surface area contributed by atoms with E-state index in [0.29, 0.717) is 6.54 Å². The van der Waals surface area contributed by atoms with E-state index in [1.165, 1.54) is 6.42 Å². The lowest BCUT2D eigenvalue weighted by atomic mass is 10.1. The fourth-order valence-electron chi connectivity index (χ4n) is 3.49. The topological polar surface area (TPSA) is 77.5 Å². The van der Waals surface area contributed by atoms with Crippen LogP contribution in [0.2, 0.25) is 0 Å². The van der Waals surface area contributed by atoms with Crippen molar-refractivity contribution in [1.29, 1.82) is 0 Å². The summed E-state index contributed by atoms with van der Waals surface area (Å²) >= 11 is 0. The summed E-state index contributed by atoms with van der Waals surface area (Å²) in [5.74, 6) is 0.655. The molecular formula is C20H38IN5O3. The van der Waals surface area contributed by atoms with Crippen molar-refractivity contribution in [2.75, 3.05) is 58.9 Å². The van der Waals surface area contributed by atoms with Crippen LogP contribution in [0.15, 0.2) is 4.99 Å². The van der Waals surface area contributed by atoms with Crippen molar-refractivity contribution < 1.29 is 14.3 Å². The summed E-state index contributed by atoms with van der Waals surface area (Å²) < 4.78 is 5.33. The third-order valence-corrected chi connectivity index (χ3v) is 4.85. The second-order valence-corrected chi connectivity index (χ2v) is 8.46. The SMILES string of the molecule is CCNC(=NCC(=O)OC(C)(C)C)N1CCN(CC(=O)N2CCCCC2)CC1.I. The Morgan fingerprint density at radius 3 is 2.14 bits per heavy atom. The fraction of sp³-hybridized carbons (Fsp3) is 0.850. The van der Waals surface area contributed by atoms with Crippen molar-refractivity contribution in [2.45, 2.75) is 52.6 Å². The number of nitrogens with one attached hydrogen (secondary N) is 1. The van der Waals surface area contributed by atoms with Crippen LogP contribution >= 0.6 is 24.0 Å². The lowest BCUT2D eigenvalue weighted by Gasteiger charge is -2.37. The second kappa shape index (κ2) is 12.6. The van der Waals surface area contributed by atoms with E-state index in [1.54, 1.807) is 0 Å². The summed E-state index contributed by atoms with van der Waals surface area (Å²) in [5, 5.41) is 3.25. The van der Waals surface area contributed by atoms with E-state index in [4.69, 9.17) is 4.74 Å². The first-order chi connectivity index (χ1) is 13.3. The standard InChI is InChI=1S/C20H37N5O3.HI/c1-5-21-19(22-15-18(27)28-20(2,3)4)25-13-11-23(12-14-25)16-17(26)24-9-7-6-8-10-24;/h5-16H2,1-4H3,(H,21,22);1H. The Labute approximate surface area is 192 Å². The predicted octanol–water partition coefficient (Wildman–Crippen LogP) is 1.54. The second-order valence-electron chi connectivity index (χ2n) is 8.46. The van der Waals surface area contributed by atoms with Gasteiger partial charge in [-0.15, -0.1) is 24.0 Å². The third kappa shape index (κ3) is 9.50. The van der Waals surface area contributed by atoms with E-state index < -0.39 is 5.60 Å². The molecule has 0 atom stereocenters. The zero-order valence-electron chi connectivity index (χ0n) is 18.4. The molecule has 2 saturated heterocycles. The molecule has 0 saturated carbocycles. The van der Waals surface area contributed by atoms with Gasteiger partial charge in [0, 0.05) is 45.8 Å². The highest BCUT2D eigenvalue weighted by atomic mass is 127. The molecule has 2 aliphatic rings. The molecule has 0 bridgehead atoms. The van der Waals surface area contributed by atoms with Gasteiger partial charge in [-0.2, -0.15) is 0 Å². The van der Waals surface area contributed by atoms with Gasteiger partial charge in [0.15, 0.2) is 5.96 Å². The summed E-state index contributed by atoms with van der Waals surface area (Å²) in [6, 6.07) is 0. The number of hydrogen-bond donors (Lipinski definition) is 1. The smallest absolute Gasteiger partial charge is 0.328 e. The van der Waals surface area contributed by atoms with E-state index in [0.717, 1.165) is 64.6 Å². The van der Waals surface area contributed by atoms with Gasteiger partial charge in [-0.1, -0.05) is 0 Å². The Hall–Kier alpha value is -1.10. The number of piperazine rings is 1. The van der Waals surface area contributed by atoms with Crippen LogP contribution in [0.25, 0.3) is 0 Å². The number of esters is 1. The molecule has 9 heteroatoms. The van der Waals surface area contributed by atoms with E-state index in [-0.39, 0.29) is 42.4 Å². The van der Waals surface area contributed by atoms with Crippen molar-refractivity contribution in [3.63, 3.8) is 0 Å².